The Labute approximate surface area is 282 Å². The molecule has 0 atom stereocenters. The topological polar surface area (TPSA) is 71.2 Å². The van der Waals surface area contributed by atoms with Gasteiger partial charge in [-0.2, -0.15) is 0 Å². The van der Waals surface area contributed by atoms with Crippen LogP contribution < -0.4 is 10.6 Å². The zero-order valence-electron chi connectivity index (χ0n) is 30.8. The second kappa shape index (κ2) is 17.0. The van der Waals surface area contributed by atoms with Gasteiger partial charge in [0.2, 0.25) is 0 Å². The number of carbonyl (C=O) groups is 2. The molecule has 2 N–H and O–H groups in total. The van der Waals surface area contributed by atoms with Crippen LogP contribution in [0.25, 0.3) is 0 Å². The number of rotatable bonds is 17. The highest BCUT2D eigenvalue weighted by atomic mass is 16.2. The van der Waals surface area contributed by atoms with Gasteiger partial charge in [0.05, 0.1) is 0 Å². The molecule has 0 unspecified atom stereocenters. The van der Waals surface area contributed by atoms with Crippen molar-refractivity contribution in [2.45, 2.75) is 141 Å². The maximum Gasteiger partial charge on any atom is 0.320 e. The van der Waals surface area contributed by atoms with Crippen LogP contribution in [0.3, 0.4) is 0 Å². The third-order valence-corrected chi connectivity index (χ3v) is 9.20. The molecule has 0 aromatic carbocycles. The monoisotopic (exact) mass is 641 g/mol. The third-order valence-electron chi connectivity index (χ3n) is 9.20. The summed E-state index contributed by atoms with van der Waals surface area (Å²) in [7, 11) is 0. The largest absolute Gasteiger partial charge is 0.322 e. The molecule has 2 heterocycles. The molecule has 262 valence electrons. The molecule has 2 aliphatic rings. The van der Waals surface area contributed by atoms with E-state index in [0.717, 1.165) is 51.4 Å². The Morgan fingerprint density at radius 2 is 0.804 bits per heavy atom. The number of hydrogen-bond acceptors (Lipinski definition) is 4. The first-order valence-electron chi connectivity index (χ1n) is 17.5. The third kappa shape index (κ3) is 12.2. The summed E-state index contributed by atoms with van der Waals surface area (Å²) in [6, 6.07) is 0.430. The molecule has 2 aliphatic heterocycles. The SMILES string of the molecule is C=CCN(CC=C)C(=O)N(CCCCCCN(C(=O)N(CC=C)CC=C)C1CC(C)(C)NC(C)(C)C1)C1CC(C)(C)NC(C)(C)C1. The maximum absolute atomic E-state index is 13.9. The quantitative estimate of drug-likeness (QED) is 0.129. The Morgan fingerprint density at radius 3 is 1.04 bits per heavy atom. The van der Waals surface area contributed by atoms with E-state index in [-0.39, 0.29) is 46.3 Å². The fourth-order valence-electron chi connectivity index (χ4n) is 8.21. The summed E-state index contributed by atoms with van der Waals surface area (Å²) in [6.07, 6.45) is 14.6. The van der Waals surface area contributed by atoms with Gasteiger partial charge in [-0.15, -0.1) is 26.3 Å². The van der Waals surface area contributed by atoms with E-state index in [9.17, 15) is 9.59 Å². The molecule has 8 heteroatoms. The van der Waals surface area contributed by atoms with Crippen LogP contribution in [-0.2, 0) is 0 Å². The molecule has 2 fully saturated rings. The van der Waals surface area contributed by atoms with Gasteiger partial charge in [-0.05, 0) is 93.9 Å². The van der Waals surface area contributed by atoms with Gasteiger partial charge in [0.15, 0.2) is 0 Å². The highest BCUT2D eigenvalue weighted by Crippen LogP contribution is 2.34. The molecule has 46 heavy (non-hydrogen) atoms. The molecule has 2 saturated heterocycles. The number of urea groups is 2. The molecule has 8 nitrogen and oxygen atoms in total. The summed E-state index contributed by atoms with van der Waals surface area (Å²) in [5.41, 5.74) is -0.256. The van der Waals surface area contributed by atoms with Gasteiger partial charge in [-0.25, -0.2) is 9.59 Å². The van der Waals surface area contributed by atoms with Crippen LogP contribution >= 0.6 is 0 Å². The maximum atomic E-state index is 13.9. The van der Waals surface area contributed by atoms with Crippen molar-refractivity contribution in [3.05, 3.63) is 50.6 Å². The van der Waals surface area contributed by atoms with Gasteiger partial charge >= 0.3 is 12.1 Å². The smallest absolute Gasteiger partial charge is 0.320 e. The average Bonchev–Trinajstić information content (AvgIpc) is 2.90. The highest BCUT2D eigenvalue weighted by molar-refractivity contribution is 5.76. The van der Waals surface area contributed by atoms with E-state index in [4.69, 9.17) is 0 Å². The number of hydrogen-bond donors (Lipinski definition) is 2. The molecule has 4 amide bonds. The van der Waals surface area contributed by atoms with Crippen LogP contribution in [0.4, 0.5) is 9.59 Å². The van der Waals surface area contributed by atoms with E-state index in [0.29, 0.717) is 39.3 Å². The van der Waals surface area contributed by atoms with Crippen molar-refractivity contribution in [1.82, 2.24) is 30.2 Å². The lowest BCUT2D eigenvalue weighted by molar-refractivity contribution is 0.0671. The summed E-state index contributed by atoms with van der Waals surface area (Å²) in [5.74, 6) is 0. The van der Waals surface area contributed by atoms with Crippen molar-refractivity contribution in [3.63, 3.8) is 0 Å². The van der Waals surface area contributed by atoms with Gasteiger partial charge < -0.3 is 30.2 Å². The lowest BCUT2D eigenvalue weighted by Gasteiger charge is -2.50. The van der Waals surface area contributed by atoms with Crippen LogP contribution in [0.1, 0.15) is 107 Å². The van der Waals surface area contributed by atoms with Gasteiger partial charge in [-0.3, -0.25) is 0 Å². The van der Waals surface area contributed by atoms with Crippen LogP contribution in [0, 0.1) is 0 Å². The Balaban J connectivity index is 2.15. The molecular weight excluding hydrogens is 572 g/mol. The Morgan fingerprint density at radius 1 is 0.543 bits per heavy atom. The molecule has 0 aromatic heterocycles. The predicted octanol–water partition coefficient (Wildman–Crippen LogP) is 7.36. The van der Waals surface area contributed by atoms with Gasteiger partial charge in [0, 0.05) is 73.5 Å². The molecule has 0 radical (unpaired) electrons. The van der Waals surface area contributed by atoms with Gasteiger partial charge in [0.1, 0.15) is 0 Å². The van der Waals surface area contributed by atoms with Crippen molar-refractivity contribution in [2.24, 2.45) is 0 Å². The van der Waals surface area contributed by atoms with E-state index < -0.39 is 0 Å². The number of piperidine rings is 2. The molecule has 0 bridgehead atoms. The first-order chi connectivity index (χ1) is 21.4. The van der Waals surface area contributed by atoms with E-state index >= 15 is 0 Å². The van der Waals surface area contributed by atoms with Crippen molar-refractivity contribution >= 4 is 12.1 Å². The summed E-state index contributed by atoms with van der Waals surface area (Å²) in [5, 5.41) is 7.53. The Kier molecular flexibility index (Phi) is 14.6. The second-order valence-corrected chi connectivity index (χ2v) is 16.2. The van der Waals surface area contributed by atoms with E-state index in [2.05, 4.69) is 102 Å². The minimum absolute atomic E-state index is 0.0640. The number of nitrogens with one attached hydrogen (secondary N) is 2. The molecule has 0 aromatic rings. The number of amides is 4. The summed E-state index contributed by atoms with van der Waals surface area (Å²) < 4.78 is 0. The first kappa shape index (κ1) is 39.6. The number of carbonyl (C=O) groups excluding carboxylic acids is 2. The summed E-state index contributed by atoms with van der Waals surface area (Å²) >= 11 is 0. The molecule has 0 saturated carbocycles. The summed E-state index contributed by atoms with van der Waals surface area (Å²) in [4.78, 5) is 35.8. The van der Waals surface area contributed by atoms with Gasteiger partial charge in [-0.1, -0.05) is 37.1 Å². The van der Waals surface area contributed by atoms with Crippen LogP contribution in [0.2, 0.25) is 0 Å². The Bertz CT molecular complexity index is 914. The van der Waals surface area contributed by atoms with Crippen molar-refractivity contribution in [1.29, 1.82) is 0 Å². The number of unbranched alkanes of at least 4 members (excludes halogenated alkanes) is 3. The van der Waals surface area contributed by atoms with Crippen LogP contribution in [0.5, 0.6) is 0 Å². The zero-order valence-corrected chi connectivity index (χ0v) is 30.8. The lowest BCUT2D eigenvalue weighted by atomic mass is 9.79. The summed E-state index contributed by atoms with van der Waals surface area (Å²) in [6.45, 7) is 36.8. The fraction of sp³-hybridized carbons (Fsp3) is 0.737. The number of nitrogens with zero attached hydrogens (tertiary/aromatic N) is 4. The van der Waals surface area contributed by atoms with E-state index in [1.165, 1.54) is 0 Å². The van der Waals surface area contributed by atoms with Gasteiger partial charge in [0.25, 0.3) is 0 Å². The first-order valence-corrected chi connectivity index (χ1v) is 17.5. The molecular formula is C38H68N6O2. The highest BCUT2D eigenvalue weighted by Gasteiger charge is 2.43. The van der Waals surface area contributed by atoms with Crippen molar-refractivity contribution < 1.29 is 9.59 Å². The van der Waals surface area contributed by atoms with Crippen LogP contribution in [-0.4, -0.2) is 105 Å². The average molecular weight is 641 g/mol. The van der Waals surface area contributed by atoms with E-state index in [1.807, 2.05) is 9.80 Å². The molecule has 0 aliphatic carbocycles. The molecule has 0 spiro atoms. The Hall–Kier alpha value is -2.58. The lowest BCUT2D eigenvalue weighted by Crippen LogP contribution is -2.63. The minimum atomic E-state index is -0.0640. The second-order valence-electron chi connectivity index (χ2n) is 16.2. The minimum Gasteiger partial charge on any atom is -0.322 e. The standard InChI is InChI=1S/C38H68N6O2/c1-13-21-41(22-14-2)33(45)43(31-27-35(5,6)39-36(7,8)28-31)25-19-17-18-20-26-44(34(46)42(23-15-3)24-16-4)32-29-37(9,10)40-38(11,12)30-32/h13-16,31-32,39-40H,1-4,17-30H2,5-12H3. The fourth-order valence-corrected chi connectivity index (χ4v) is 8.21. The van der Waals surface area contributed by atoms with E-state index in [1.54, 1.807) is 24.3 Å². The van der Waals surface area contributed by atoms with Crippen LogP contribution in [0.15, 0.2) is 50.6 Å². The zero-order chi connectivity index (χ0) is 34.8. The van der Waals surface area contributed by atoms with Crippen molar-refractivity contribution in [3.8, 4) is 0 Å². The molecule has 2 rings (SSSR count). The normalized spacial score (nSPS) is 20.3. The van der Waals surface area contributed by atoms with Crippen molar-refractivity contribution in [2.75, 3.05) is 39.3 Å². The predicted molar refractivity (Wildman–Crippen MR) is 195 cm³/mol.